The molecule has 0 unspecified atom stereocenters. The number of nitro groups is 1. The quantitative estimate of drug-likeness (QED) is 0.443. The van der Waals surface area contributed by atoms with E-state index in [4.69, 9.17) is 11.6 Å². The SMILES string of the molecule is O=C(NCc1cccnc1)[C@@H]1Cc2cc([N+](=O)[O-])ccc2N2CCN(c3ccc(Cl)cc3)C[C@@H]12. The molecule has 3 heterocycles. The molecular weight excluding hydrogens is 454 g/mol. The van der Waals surface area contributed by atoms with Crippen molar-refractivity contribution in [3.05, 3.63) is 93.3 Å². The van der Waals surface area contributed by atoms with Crippen molar-refractivity contribution in [2.45, 2.75) is 19.0 Å². The van der Waals surface area contributed by atoms with E-state index < -0.39 is 0 Å². The maximum atomic E-state index is 13.4. The van der Waals surface area contributed by atoms with Crippen LogP contribution in [0.4, 0.5) is 17.1 Å². The molecule has 1 N–H and O–H groups in total. The third-order valence-electron chi connectivity index (χ3n) is 6.62. The molecule has 5 rings (SSSR count). The predicted molar refractivity (Wildman–Crippen MR) is 131 cm³/mol. The molecule has 2 aliphatic heterocycles. The number of aromatic nitrogens is 1. The lowest BCUT2D eigenvalue weighted by Gasteiger charge is -2.49. The third-order valence-corrected chi connectivity index (χ3v) is 6.88. The highest BCUT2D eigenvalue weighted by atomic mass is 35.5. The highest BCUT2D eigenvalue weighted by Gasteiger charge is 2.42. The second-order valence-corrected chi connectivity index (χ2v) is 9.08. The smallest absolute Gasteiger partial charge is 0.269 e. The molecule has 0 aliphatic carbocycles. The number of nitro benzene ring substituents is 1. The van der Waals surface area contributed by atoms with Crippen LogP contribution in [-0.2, 0) is 17.8 Å². The molecular formula is C25H24ClN5O3. The number of hydrogen-bond donors (Lipinski definition) is 1. The number of pyridine rings is 1. The first-order valence-corrected chi connectivity index (χ1v) is 11.6. The van der Waals surface area contributed by atoms with Crippen LogP contribution in [-0.4, -0.2) is 41.5 Å². The summed E-state index contributed by atoms with van der Waals surface area (Å²) >= 11 is 6.07. The van der Waals surface area contributed by atoms with Crippen LogP contribution in [0, 0.1) is 16.0 Å². The van der Waals surface area contributed by atoms with Crippen LogP contribution in [0.1, 0.15) is 11.1 Å². The number of carbonyl (C=O) groups excluding carboxylic acids is 1. The number of halogens is 1. The Morgan fingerprint density at radius 2 is 2.00 bits per heavy atom. The Labute approximate surface area is 202 Å². The summed E-state index contributed by atoms with van der Waals surface area (Å²) in [5.74, 6) is -0.407. The zero-order valence-electron chi connectivity index (χ0n) is 18.4. The Balaban J connectivity index is 1.43. The Kier molecular flexibility index (Phi) is 6.06. The molecule has 8 nitrogen and oxygen atoms in total. The molecule has 0 spiro atoms. The van der Waals surface area contributed by atoms with Crippen molar-refractivity contribution in [2.24, 2.45) is 5.92 Å². The molecule has 1 aromatic heterocycles. The summed E-state index contributed by atoms with van der Waals surface area (Å²) in [5.41, 5.74) is 3.85. The first kappa shape index (κ1) is 22.2. The van der Waals surface area contributed by atoms with E-state index >= 15 is 0 Å². The second-order valence-electron chi connectivity index (χ2n) is 8.64. The van der Waals surface area contributed by atoms with E-state index in [1.807, 2.05) is 42.5 Å². The summed E-state index contributed by atoms with van der Waals surface area (Å²) in [6.45, 7) is 2.55. The van der Waals surface area contributed by atoms with E-state index in [1.165, 1.54) is 0 Å². The molecule has 3 aromatic rings. The number of nitrogens with one attached hydrogen (secondary N) is 1. The normalized spacial score (nSPS) is 19.2. The van der Waals surface area contributed by atoms with Gasteiger partial charge in [0.15, 0.2) is 0 Å². The number of nitrogens with zero attached hydrogens (tertiary/aromatic N) is 4. The molecule has 2 atom stereocenters. The highest BCUT2D eigenvalue weighted by molar-refractivity contribution is 6.30. The molecule has 1 amide bonds. The van der Waals surface area contributed by atoms with E-state index in [9.17, 15) is 14.9 Å². The zero-order chi connectivity index (χ0) is 23.7. The van der Waals surface area contributed by atoms with Crippen LogP contribution in [0.3, 0.4) is 0 Å². The molecule has 9 heteroatoms. The number of anilines is 2. The maximum absolute atomic E-state index is 13.4. The van der Waals surface area contributed by atoms with Gasteiger partial charge < -0.3 is 15.1 Å². The predicted octanol–water partition coefficient (Wildman–Crippen LogP) is 3.83. The number of piperazine rings is 1. The summed E-state index contributed by atoms with van der Waals surface area (Å²) in [4.78, 5) is 33.0. The van der Waals surface area contributed by atoms with Crippen molar-refractivity contribution in [2.75, 3.05) is 29.4 Å². The van der Waals surface area contributed by atoms with Gasteiger partial charge in [-0.05, 0) is 53.9 Å². The number of fused-ring (bicyclic) bond motifs is 3. The Morgan fingerprint density at radius 3 is 2.74 bits per heavy atom. The summed E-state index contributed by atoms with van der Waals surface area (Å²) in [6, 6.07) is 16.4. The Morgan fingerprint density at radius 1 is 1.18 bits per heavy atom. The second kappa shape index (κ2) is 9.30. The van der Waals surface area contributed by atoms with Gasteiger partial charge in [-0.2, -0.15) is 0 Å². The minimum atomic E-state index is -0.387. The lowest BCUT2D eigenvalue weighted by Crippen LogP contribution is -2.61. The maximum Gasteiger partial charge on any atom is 0.269 e. The van der Waals surface area contributed by atoms with Crippen molar-refractivity contribution < 1.29 is 9.72 Å². The van der Waals surface area contributed by atoms with Gasteiger partial charge in [0.05, 0.1) is 16.9 Å². The topological polar surface area (TPSA) is 91.6 Å². The zero-order valence-corrected chi connectivity index (χ0v) is 19.2. The van der Waals surface area contributed by atoms with Gasteiger partial charge in [-0.1, -0.05) is 17.7 Å². The van der Waals surface area contributed by atoms with Crippen molar-refractivity contribution in [3.63, 3.8) is 0 Å². The molecule has 0 saturated carbocycles. The van der Waals surface area contributed by atoms with Gasteiger partial charge in [-0.3, -0.25) is 19.9 Å². The van der Waals surface area contributed by atoms with E-state index in [1.54, 1.807) is 24.5 Å². The van der Waals surface area contributed by atoms with Gasteiger partial charge in [-0.15, -0.1) is 0 Å². The molecule has 2 aliphatic rings. The molecule has 0 radical (unpaired) electrons. The summed E-state index contributed by atoms with van der Waals surface area (Å²) in [7, 11) is 0. The number of hydrogen-bond acceptors (Lipinski definition) is 6. The number of carbonyl (C=O) groups is 1. The average molecular weight is 478 g/mol. The first-order valence-electron chi connectivity index (χ1n) is 11.2. The fourth-order valence-electron chi connectivity index (χ4n) is 4.93. The number of amides is 1. The molecule has 2 aromatic carbocycles. The van der Waals surface area contributed by atoms with Gasteiger partial charge in [0.25, 0.3) is 5.69 Å². The molecule has 0 bridgehead atoms. The van der Waals surface area contributed by atoms with E-state index in [-0.39, 0.29) is 28.5 Å². The van der Waals surface area contributed by atoms with E-state index in [0.29, 0.717) is 31.1 Å². The first-order chi connectivity index (χ1) is 16.5. The van der Waals surface area contributed by atoms with Gasteiger partial charge >= 0.3 is 0 Å². The standard InChI is InChI=1S/C25H24ClN5O3/c26-19-3-5-20(6-4-19)29-10-11-30-23-8-7-21(31(33)34)12-18(23)13-22(24(30)16-29)25(32)28-15-17-2-1-9-27-14-17/h1-9,12,14,22,24H,10-11,13,15-16H2,(H,28,32)/t22-,24+/m1/s1. The average Bonchev–Trinajstić information content (AvgIpc) is 2.87. The van der Waals surface area contributed by atoms with E-state index in [2.05, 4.69) is 20.1 Å². The fraction of sp³-hybridized carbons (Fsp3) is 0.280. The fourth-order valence-corrected chi connectivity index (χ4v) is 5.06. The number of benzene rings is 2. The van der Waals surface area contributed by atoms with Crippen molar-refractivity contribution in [1.82, 2.24) is 10.3 Å². The lowest BCUT2D eigenvalue weighted by molar-refractivity contribution is -0.384. The Bertz CT molecular complexity index is 1200. The molecule has 34 heavy (non-hydrogen) atoms. The number of non-ortho nitro benzene ring substituents is 1. The summed E-state index contributed by atoms with van der Waals surface area (Å²) in [6.07, 6.45) is 3.88. The van der Waals surface area contributed by atoms with Crippen LogP contribution in [0.25, 0.3) is 0 Å². The van der Waals surface area contributed by atoms with Crippen LogP contribution in [0.15, 0.2) is 67.0 Å². The largest absolute Gasteiger partial charge is 0.368 e. The van der Waals surface area contributed by atoms with Crippen LogP contribution in [0.5, 0.6) is 0 Å². The monoisotopic (exact) mass is 477 g/mol. The number of rotatable bonds is 5. The van der Waals surface area contributed by atoms with Gasteiger partial charge in [0.2, 0.25) is 5.91 Å². The van der Waals surface area contributed by atoms with Gasteiger partial charge in [-0.25, -0.2) is 0 Å². The summed E-state index contributed by atoms with van der Waals surface area (Å²) in [5, 5.41) is 15.1. The minimum Gasteiger partial charge on any atom is -0.368 e. The van der Waals surface area contributed by atoms with Crippen molar-refractivity contribution in [1.29, 1.82) is 0 Å². The van der Waals surface area contributed by atoms with E-state index in [0.717, 1.165) is 29.0 Å². The van der Waals surface area contributed by atoms with Gasteiger partial charge in [0, 0.05) is 67.1 Å². The van der Waals surface area contributed by atoms with Crippen LogP contribution in [0.2, 0.25) is 5.02 Å². The van der Waals surface area contributed by atoms with Gasteiger partial charge in [0.1, 0.15) is 0 Å². The van der Waals surface area contributed by atoms with Crippen molar-refractivity contribution in [3.8, 4) is 0 Å². The Hall–Kier alpha value is -3.65. The highest BCUT2D eigenvalue weighted by Crippen LogP contribution is 2.38. The van der Waals surface area contributed by atoms with Crippen LogP contribution < -0.4 is 15.1 Å². The van der Waals surface area contributed by atoms with Crippen LogP contribution >= 0.6 is 11.6 Å². The van der Waals surface area contributed by atoms with Crippen molar-refractivity contribution >= 4 is 34.6 Å². The third kappa shape index (κ3) is 4.41. The molecule has 1 saturated heterocycles. The summed E-state index contributed by atoms with van der Waals surface area (Å²) < 4.78 is 0. The molecule has 174 valence electrons. The minimum absolute atomic E-state index is 0.0477. The molecule has 1 fully saturated rings. The lowest BCUT2D eigenvalue weighted by atomic mass is 9.83.